The van der Waals surface area contributed by atoms with Crippen molar-refractivity contribution in [2.45, 2.75) is 59.1 Å². The van der Waals surface area contributed by atoms with E-state index in [-0.39, 0.29) is 19.3 Å². The number of likely N-dealkylation sites (tertiary alicyclic amines) is 1. The number of rotatable bonds is 11. The first kappa shape index (κ1) is 31.0. The minimum atomic E-state index is -0.958. The number of hydrogen-bond acceptors (Lipinski definition) is 8. The Bertz CT molecular complexity index is 1370. The summed E-state index contributed by atoms with van der Waals surface area (Å²) in [5, 5.41) is 17.7. The first-order valence-electron chi connectivity index (χ1n) is 14.1. The smallest absolute Gasteiger partial charge is 0.416 e. The fourth-order valence-electron chi connectivity index (χ4n) is 5.01. The molecule has 12 nitrogen and oxygen atoms in total. The third kappa shape index (κ3) is 7.48. The number of amides is 2. The number of carboxylic acid groups (broad SMARTS) is 1. The molecule has 3 heterocycles. The number of carbonyl (C=O) groups excluding carboxylic acids is 1. The standard InChI is InChI=1S/C30H42N6O6/c1-21(2)23-15-32-36-25(35(28(39)42-29(3,4)5)16-22-10-8-7-9-11-22)14-24(33-26(23)36)31-17-30(19-41-20-40-6)12-13-34(18-30)27(37)38/h7-11,14-15,21H,12-13,16-20H2,1-6H3,(H,31,33)(H,37,38). The molecule has 3 aromatic rings. The van der Waals surface area contributed by atoms with E-state index in [0.717, 1.165) is 11.1 Å². The highest BCUT2D eigenvalue weighted by Crippen LogP contribution is 2.33. The van der Waals surface area contributed by atoms with Crippen LogP contribution in [0, 0.1) is 5.41 Å². The molecule has 0 radical (unpaired) electrons. The Morgan fingerprint density at radius 2 is 1.95 bits per heavy atom. The van der Waals surface area contributed by atoms with E-state index in [1.807, 2.05) is 51.1 Å². The van der Waals surface area contributed by atoms with Gasteiger partial charge in [-0.15, -0.1) is 0 Å². The predicted molar refractivity (Wildman–Crippen MR) is 159 cm³/mol. The number of nitrogens with one attached hydrogen (secondary N) is 1. The van der Waals surface area contributed by atoms with Gasteiger partial charge in [0.05, 0.1) is 19.3 Å². The lowest BCUT2D eigenvalue weighted by molar-refractivity contribution is -0.0599. The fourth-order valence-corrected chi connectivity index (χ4v) is 5.01. The first-order valence-corrected chi connectivity index (χ1v) is 14.1. The molecule has 1 aliphatic rings. The van der Waals surface area contributed by atoms with Gasteiger partial charge in [0.1, 0.15) is 24.0 Å². The number of methoxy groups -OCH3 is 1. The number of aromatic nitrogens is 3. The number of nitrogens with zero attached hydrogens (tertiary/aromatic N) is 5. The van der Waals surface area contributed by atoms with Crippen LogP contribution in [0.15, 0.2) is 42.6 Å². The minimum absolute atomic E-state index is 0.112. The zero-order valence-corrected chi connectivity index (χ0v) is 25.3. The van der Waals surface area contributed by atoms with Crippen molar-refractivity contribution in [2.24, 2.45) is 5.41 Å². The van der Waals surface area contributed by atoms with Gasteiger partial charge in [0.2, 0.25) is 0 Å². The number of anilines is 2. The highest BCUT2D eigenvalue weighted by molar-refractivity contribution is 5.88. The number of benzene rings is 1. The molecule has 2 N–H and O–H groups in total. The van der Waals surface area contributed by atoms with Crippen LogP contribution in [-0.2, 0) is 20.8 Å². The monoisotopic (exact) mass is 582 g/mol. The fraction of sp³-hybridized carbons (Fsp3) is 0.533. The van der Waals surface area contributed by atoms with Crippen LogP contribution in [-0.4, -0.2) is 82.5 Å². The Kier molecular flexibility index (Phi) is 9.57. The van der Waals surface area contributed by atoms with E-state index in [4.69, 9.17) is 19.2 Å². The Hall–Kier alpha value is -3.90. The Morgan fingerprint density at radius 3 is 2.57 bits per heavy atom. The third-order valence-electron chi connectivity index (χ3n) is 7.14. The maximum absolute atomic E-state index is 13.7. The molecule has 0 spiro atoms. The summed E-state index contributed by atoms with van der Waals surface area (Å²) in [7, 11) is 1.55. The van der Waals surface area contributed by atoms with Crippen molar-refractivity contribution in [3.63, 3.8) is 0 Å². The van der Waals surface area contributed by atoms with Crippen LogP contribution in [0.1, 0.15) is 58.1 Å². The SMILES string of the molecule is COCOCC1(CNc2cc(N(Cc3ccccc3)C(=O)OC(C)(C)C)n3ncc(C(C)C)c3n2)CCN(C(=O)O)C1. The molecule has 2 amide bonds. The molecule has 1 fully saturated rings. The maximum Gasteiger partial charge on any atom is 0.416 e. The van der Waals surface area contributed by atoms with Crippen molar-refractivity contribution in [1.82, 2.24) is 19.5 Å². The Morgan fingerprint density at radius 1 is 1.21 bits per heavy atom. The van der Waals surface area contributed by atoms with Gasteiger partial charge in [-0.3, -0.25) is 4.90 Å². The van der Waals surface area contributed by atoms with Gasteiger partial charge in [0.15, 0.2) is 5.65 Å². The second-order valence-corrected chi connectivity index (χ2v) is 12.1. The first-order chi connectivity index (χ1) is 19.9. The second kappa shape index (κ2) is 13.0. The Labute approximate surface area is 246 Å². The molecule has 1 saturated heterocycles. The largest absolute Gasteiger partial charge is 0.465 e. The molecule has 1 aromatic carbocycles. The molecule has 42 heavy (non-hydrogen) atoms. The number of hydrogen-bond donors (Lipinski definition) is 2. The molecule has 228 valence electrons. The predicted octanol–water partition coefficient (Wildman–Crippen LogP) is 5.20. The van der Waals surface area contributed by atoms with E-state index < -0.39 is 23.2 Å². The van der Waals surface area contributed by atoms with Crippen LogP contribution in [0.2, 0.25) is 0 Å². The van der Waals surface area contributed by atoms with E-state index in [0.29, 0.717) is 49.9 Å². The molecule has 1 aliphatic heterocycles. The summed E-state index contributed by atoms with van der Waals surface area (Å²) in [6, 6.07) is 11.5. The third-order valence-corrected chi connectivity index (χ3v) is 7.14. The van der Waals surface area contributed by atoms with Gasteiger partial charge in [-0.05, 0) is 38.7 Å². The van der Waals surface area contributed by atoms with Crippen molar-refractivity contribution in [3.8, 4) is 0 Å². The Balaban J connectivity index is 1.74. The van der Waals surface area contributed by atoms with E-state index in [9.17, 15) is 14.7 Å². The number of fused-ring (bicyclic) bond motifs is 1. The summed E-state index contributed by atoms with van der Waals surface area (Å²) in [4.78, 5) is 33.2. The lowest BCUT2D eigenvalue weighted by Gasteiger charge is -2.30. The summed E-state index contributed by atoms with van der Waals surface area (Å²) >= 11 is 0. The van der Waals surface area contributed by atoms with Crippen molar-refractivity contribution < 1.29 is 28.9 Å². The zero-order chi connectivity index (χ0) is 30.5. The molecular formula is C30H42N6O6. The molecule has 4 rings (SSSR count). The minimum Gasteiger partial charge on any atom is -0.465 e. The van der Waals surface area contributed by atoms with Crippen LogP contribution in [0.25, 0.3) is 5.65 Å². The van der Waals surface area contributed by atoms with Crippen LogP contribution in [0.3, 0.4) is 0 Å². The second-order valence-electron chi connectivity index (χ2n) is 12.1. The van der Waals surface area contributed by atoms with Gasteiger partial charge >= 0.3 is 12.2 Å². The molecule has 2 aromatic heterocycles. The summed E-state index contributed by atoms with van der Waals surface area (Å²) < 4.78 is 18.3. The highest BCUT2D eigenvalue weighted by Gasteiger charge is 2.40. The van der Waals surface area contributed by atoms with Gasteiger partial charge in [-0.25, -0.2) is 14.6 Å². The van der Waals surface area contributed by atoms with Crippen molar-refractivity contribution >= 4 is 29.5 Å². The average Bonchev–Trinajstić information content (AvgIpc) is 3.55. The quantitative estimate of drug-likeness (QED) is 0.231. The van der Waals surface area contributed by atoms with Crippen LogP contribution >= 0.6 is 0 Å². The number of ether oxygens (including phenoxy) is 3. The lowest BCUT2D eigenvalue weighted by atomic mass is 9.88. The van der Waals surface area contributed by atoms with E-state index in [1.165, 1.54) is 4.90 Å². The van der Waals surface area contributed by atoms with Gasteiger partial charge in [-0.2, -0.15) is 9.61 Å². The summed E-state index contributed by atoms with van der Waals surface area (Å²) in [6.07, 6.45) is 0.925. The number of carbonyl (C=O) groups is 2. The van der Waals surface area contributed by atoms with Gasteiger partial charge in [-0.1, -0.05) is 44.2 Å². The normalized spacial score (nSPS) is 17.2. The van der Waals surface area contributed by atoms with Crippen molar-refractivity contribution in [3.05, 3.63) is 53.7 Å². The van der Waals surface area contributed by atoms with Gasteiger partial charge < -0.3 is 29.5 Å². The van der Waals surface area contributed by atoms with E-state index in [1.54, 1.807) is 28.8 Å². The van der Waals surface area contributed by atoms with Crippen molar-refractivity contribution in [2.75, 3.05) is 50.4 Å². The molecule has 1 unspecified atom stereocenters. The summed E-state index contributed by atoms with van der Waals surface area (Å²) in [6.45, 7) is 11.4. The van der Waals surface area contributed by atoms with Crippen LogP contribution < -0.4 is 10.2 Å². The summed E-state index contributed by atoms with van der Waals surface area (Å²) in [5.41, 5.74) is 1.28. The molecule has 12 heteroatoms. The maximum atomic E-state index is 13.7. The summed E-state index contributed by atoms with van der Waals surface area (Å²) in [5.74, 6) is 1.16. The van der Waals surface area contributed by atoms with Crippen LogP contribution in [0.4, 0.5) is 21.2 Å². The van der Waals surface area contributed by atoms with Gasteiger partial charge in [0.25, 0.3) is 0 Å². The average molecular weight is 583 g/mol. The molecule has 0 aliphatic carbocycles. The lowest BCUT2D eigenvalue weighted by Crippen LogP contribution is -2.39. The molecule has 1 atom stereocenters. The van der Waals surface area contributed by atoms with E-state index >= 15 is 0 Å². The molecular weight excluding hydrogens is 540 g/mol. The van der Waals surface area contributed by atoms with E-state index in [2.05, 4.69) is 24.3 Å². The van der Waals surface area contributed by atoms with Crippen molar-refractivity contribution in [1.29, 1.82) is 0 Å². The molecule has 0 bridgehead atoms. The van der Waals surface area contributed by atoms with Gasteiger partial charge in [0, 0.05) is 43.8 Å². The molecule has 0 saturated carbocycles. The zero-order valence-electron chi connectivity index (χ0n) is 25.3. The van der Waals surface area contributed by atoms with Crippen LogP contribution in [0.5, 0.6) is 0 Å². The topological polar surface area (TPSA) is 131 Å². The highest BCUT2D eigenvalue weighted by atomic mass is 16.7.